The summed E-state index contributed by atoms with van der Waals surface area (Å²) in [5.41, 5.74) is 4.19. The number of aryl methyl sites for hydroxylation is 1. The second kappa shape index (κ2) is 10.8. The maximum absolute atomic E-state index is 13.6. The lowest BCUT2D eigenvalue weighted by Crippen LogP contribution is -2.48. The second-order valence-electron chi connectivity index (χ2n) is 11.4. The van der Waals surface area contributed by atoms with Crippen molar-refractivity contribution in [2.45, 2.75) is 49.5 Å². The van der Waals surface area contributed by atoms with Gasteiger partial charge in [-0.15, -0.1) is 0 Å². The summed E-state index contributed by atoms with van der Waals surface area (Å²) in [5, 5.41) is 0.211. The number of likely N-dealkylation sites (tertiary alicyclic amines) is 1. The number of amides is 1. The molecule has 3 aromatic rings. The molecule has 3 aliphatic rings. The van der Waals surface area contributed by atoms with Crippen LogP contribution in [0.3, 0.4) is 0 Å². The summed E-state index contributed by atoms with van der Waals surface area (Å²) in [6.07, 6.45) is 9.48. The number of carbonyl (C=O) groups excluding carboxylic acids is 1. The third kappa shape index (κ3) is 5.01. The third-order valence-corrected chi connectivity index (χ3v) is 11.7. The normalized spacial score (nSPS) is 20.6. The van der Waals surface area contributed by atoms with Crippen LogP contribution in [0.25, 0.3) is 0 Å². The molecule has 210 valence electrons. The standard InChI is InChI=1S/C31H35ClN4O3S/c1-34(40(38,39)29-5-3-2-4-27(29)32)28-9-8-23-6-7-24(22-26(23)28)30(37)36-20-14-31(15-21-36)12-18-35(19-13-31)25-10-16-33-17-11-25/h2-7,10-11,16-17,22,28H,8-9,12-15,18-21H2,1H3. The van der Waals surface area contributed by atoms with E-state index in [-0.39, 0.29) is 21.9 Å². The molecule has 0 radical (unpaired) electrons. The molecule has 2 aromatic carbocycles. The van der Waals surface area contributed by atoms with Gasteiger partial charge in [-0.1, -0.05) is 29.8 Å². The first-order valence-corrected chi connectivity index (χ1v) is 15.9. The maximum atomic E-state index is 13.6. The van der Waals surface area contributed by atoms with Crippen LogP contribution < -0.4 is 4.90 Å². The Bertz CT molecular complexity index is 1500. The van der Waals surface area contributed by atoms with Crippen molar-refractivity contribution < 1.29 is 13.2 Å². The van der Waals surface area contributed by atoms with Gasteiger partial charge in [-0.3, -0.25) is 9.78 Å². The molecule has 1 atom stereocenters. The van der Waals surface area contributed by atoms with Crippen molar-refractivity contribution in [1.82, 2.24) is 14.2 Å². The monoisotopic (exact) mass is 578 g/mol. The quantitative estimate of drug-likeness (QED) is 0.396. The van der Waals surface area contributed by atoms with Gasteiger partial charge >= 0.3 is 0 Å². The summed E-state index contributed by atoms with van der Waals surface area (Å²) >= 11 is 6.24. The largest absolute Gasteiger partial charge is 0.371 e. The van der Waals surface area contributed by atoms with Crippen LogP contribution in [-0.4, -0.2) is 61.7 Å². The zero-order chi connectivity index (χ0) is 27.9. The van der Waals surface area contributed by atoms with Crippen molar-refractivity contribution in [1.29, 1.82) is 0 Å². The molecular weight excluding hydrogens is 544 g/mol. The van der Waals surface area contributed by atoms with Crippen LogP contribution in [-0.2, 0) is 16.4 Å². The minimum Gasteiger partial charge on any atom is -0.371 e. The van der Waals surface area contributed by atoms with Gasteiger partial charge in [0, 0.05) is 56.9 Å². The number of carbonyl (C=O) groups is 1. The molecule has 0 N–H and O–H groups in total. The van der Waals surface area contributed by atoms with E-state index in [1.165, 1.54) is 16.1 Å². The van der Waals surface area contributed by atoms with Gasteiger partial charge in [-0.25, -0.2) is 8.42 Å². The summed E-state index contributed by atoms with van der Waals surface area (Å²) in [6.45, 7) is 3.59. The number of halogens is 1. The Hall–Kier alpha value is -2.94. The van der Waals surface area contributed by atoms with Crippen molar-refractivity contribution in [3.63, 3.8) is 0 Å². The SMILES string of the molecule is CN(C1CCc2ccc(C(=O)N3CCC4(CC3)CCN(c3ccncc3)CC4)cc21)S(=O)(=O)c1ccccc1Cl. The van der Waals surface area contributed by atoms with Crippen LogP contribution in [0.2, 0.25) is 5.02 Å². The average Bonchev–Trinajstić information content (AvgIpc) is 3.41. The Morgan fingerprint density at radius 3 is 2.35 bits per heavy atom. The fourth-order valence-electron chi connectivity index (χ4n) is 6.73. The van der Waals surface area contributed by atoms with Crippen LogP contribution in [0.15, 0.2) is 71.9 Å². The molecule has 40 heavy (non-hydrogen) atoms. The van der Waals surface area contributed by atoms with Gasteiger partial charge in [0.25, 0.3) is 5.91 Å². The Kier molecular flexibility index (Phi) is 7.36. The molecule has 3 heterocycles. The summed E-state index contributed by atoms with van der Waals surface area (Å²) in [4.78, 5) is 22.3. The molecule has 0 saturated carbocycles. The zero-order valence-electron chi connectivity index (χ0n) is 22.8. The van der Waals surface area contributed by atoms with Gasteiger partial charge in [0.1, 0.15) is 4.90 Å². The highest BCUT2D eigenvalue weighted by Crippen LogP contribution is 2.43. The van der Waals surface area contributed by atoms with Gasteiger partial charge in [-0.05, 0) is 91.5 Å². The minimum absolute atomic E-state index is 0.0362. The Labute approximate surface area is 241 Å². The van der Waals surface area contributed by atoms with Crippen LogP contribution in [0.1, 0.15) is 59.6 Å². The number of pyridine rings is 1. The number of hydrogen-bond donors (Lipinski definition) is 0. The summed E-state index contributed by atoms with van der Waals surface area (Å²) < 4.78 is 28.3. The Morgan fingerprint density at radius 1 is 0.975 bits per heavy atom. The summed E-state index contributed by atoms with van der Waals surface area (Å²) in [7, 11) is -2.18. The van der Waals surface area contributed by atoms with Gasteiger partial charge in [0.05, 0.1) is 11.1 Å². The molecule has 2 fully saturated rings. The first kappa shape index (κ1) is 27.2. The van der Waals surface area contributed by atoms with Crippen LogP contribution in [0.4, 0.5) is 5.69 Å². The number of benzene rings is 2. The molecule has 6 rings (SSSR count). The first-order chi connectivity index (χ1) is 19.3. The molecule has 1 aromatic heterocycles. The number of nitrogens with zero attached hydrogens (tertiary/aromatic N) is 4. The van der Waals surface area contributed by atoms with Gasteiger partial charge in [0.2, 0.25) is 10.0 Å². The van der Waals surface area contributed by atoms with Crippen molar-refractivity contribution in [3.05, 3.63) is 88.7 Å². The number of aromatic nitrogens is 1. The van der Waals surface area contributed by atoms with E-state index in [0.717, 1.165) is 69.4 Å². The lowest BCUT2D eigenvalue weighted by Gasteiger charge is -2.47. The summed E-state index contributed by atoms with van der Waals surface area (Å²) in [5.74, 6) is 0.0362. The third-order valence-electron chi connectivity index (χ3n) is 9.33. The van der Waals surface area contributed by atoms with E-state index in [0.29, 0.717) is 17.4 Å². The smallest absolute Gasteiger partial charge is 0.253 e. The number of fused-ring (bicyclic) bond motifs is 1. The highest BCUT2D eigenvalue weighted by Gasteiger charge is 2.39. The van der Waals surface area contributed by atoms with E-state index >= 15 is 0 Å². The molecule has 0 bridgehead atoms. The van der Waals surface area contributed by atoms with Gasteiger partial charge in [0.15, 0.2) is 0 Å². The van der Waals surface area contributed by atoms with Crippen LogP contribution in [0.5, 0.6) is 0 Å². The van der Waals surface area contributed by atoms with Crippen LogP contribution in [0, 0.1) is 5.41 Å². The topological polar surface area (TPSA) is 73.8 Å². The predicted octanol–water partition coefficient (Wildman–Crippen LogP) is 5.57. The number of rotatable bonds is 5. The molecule has 1 amide bonds. The van der Waals surface area contributed by atoms with Crippen molar-refractivity contribution in [2.75, 3.05) is 38.1 Å². The lowest BCUT2D eigenvalue weighted by atomic mass is 9.71. The Morgan fingerprint density at radius 2 is 1.65 bits per heavy atom. The fraction of sp³-hybridized carbons (Fsp3) is 0.419. The summed E-state index contributed by atoms with van der Waals surface area (Å²) in [6, 6.07) is 16.2. The lowest BCUT2D eigenvalue weighted by molar-refractivity contribution is 0.0515. The molecule has 2 saturated heterocycles. The average molecular weight is 579 g/mol. The molecule has 9 heteroatoms. The van der Waals surface area contributed by atoms with E-state index in [9.17, 15) is 13.2 Å². The van der Waals surface area contributed by atoms with Crippen LogP contribution >= 0.6 is 11.6 Å². The minimum atomic E-state index is -3.79. The van der Waals surface area contributed by atoms with Crippen molar-refractivity contribution >= 4 is 33.2 Å². The van der Waals surface area contributed by atoms with Gasteiger partial charge in [-0.2, -0.15) is 4.31 Å². The number of anilines is 1. The molecule has 1 aliphatic carbocycles. The molecule has 1 spiro atoms. The fourth-order valence-corrected chi connectivity index (χ4v) is 8.59. The maximum Gasteiger partial charge on any atom is 0.253 e. The zero-order valence-corrected chi connectivity index (χ0v) is 24.4. The molecule has 2 aliphatic heterocycles. The number of piperidine rings is 2. The molecule has 1 unspecified atom stereocenters. The van der Waals surface area contributed by atoms with Crippen molar-refractivity contribution in [2.24, 2.45) is 5.41 Å². The number of hydrogen-bond acceptors (Lipinski definition) is 5. The van der Waals surface area contributed by atoms with Crippen molar-refractivity contribution in [3.8, 4) is 0 Å². The number of sulfonamides is 1. The van der Waals surface area contributed by atoms with E-state index < -0.39 is 10.0 Å². The van der Waals surface area contributed by atoms with Gasteiger partial charge < -0.3 is 9.80 Å². The van der Waals surface area contributed by atoms with E-state index in [2.05, 4.69) is 22.0 Å². The Balaban J connectivity index is 1.12. The van der Waals surface area contributed by atoms with E-state index in [1.807, 2.05) is 35.5 Å². The van der Waals surface area contributed by atoms with E-state index in [4.69, 9.17) is 11.6 Å². The van der Waals surface area contributed by atoms with E-state index in [1.54, 1.807) is 25.2 Å². The highest BCUT2D eigenvalue weighted by atomic mass is 35.5. The predicted molar refractivity (Wildman–Crippen MR) is 157 cm³/mol. The molecule has 7 nitrogen and oxygen atoms in total. The molecular formula is C31H35ClN4O3S. The second-order valence-corrected chi connectivity index (χ2v) is 13.8. The first-order valence-electron chi connectivity index (χ1n) is 14.1. The highest BCUT2D eigenvalue weighted by molar-refractivity contribution is 7.89.